The first-order chi connectivity index (χ1) is 13.6. The smallest absolute Gasteiger partial charge is 0.319 e. The third kappa shape index (κ3) is 2.79. The highest BCUT2D eigenvalue weighted by molar-refractivity contribution is 7.10. The summed E-state index contributed by atoms with van der Waals surface area (Å²) in [5.41, 5.74) is 1.03. The Morgan fingerprint density at radius 3 is 2.86 bits per heavy atom. The SMILES string of the molecule is O=C1N[C@]2(CCCc3sccc32)C(=O)N1CC(=O)N(C1=CCCCC1)C1CC1. The number of hydrogen-bond donors (Lipinski definition) is 1. The number of amides is 4. The van der Waals surface area contributed by atoms with Gasteiger partial charge in [-0.25, -0.2) is 4.79 Å². The Morgan fingerprint density at radius 2 is 2.11 bits per heavy atom. The summed E-state index contributed by atoms with van der Waals surface area (Å²) in [6.07, 6.45) is 10.7. The number of carbonyl (C=O) groups is 3. The molecule has 2 fully saturated rings. The molecule has 1 atom stereocenters. The summed E-state index contributed by atoms with van der Waals surface area (Å²) in [5.74, 6) is -0.392. The van der Waals surface area contributed by atoms with Gasteiger partial charge in [-0.3, -0.25) is 14.5 Å². The molecule has 0 radical (unpaired) electrons. The third-order valence-electron chi connectivity index (χ3n) is 6.39. The number of thiophene rings is 1. The molecule has 4 aliphatic rings. The third-order valence-corrected chi connectivity index (χ3v) is 7.37. The summed E-state index contributed by atoms with van der Waals surface area (Å²) >= 11 is 1.64. The van der Waals surface area contributed by atoms with Gasteiger partial charge in [-0.2, -0.15) is 0 Å². The molecular weight excluding hydrogens is 374 g/mol. The van der Waals surface area contributed by atoms with E-state index in [4.69, 9.17) is 0 Å². The molecule has 0 unspecified atom stereocenters. The number of allylic oxidation sites excluding steroid dienone is 2. The Balaban J connectivity index is 1.39. The first kappa shape index (κ1) is 17.9. The van der Waals surface area contributed by atoms with Crippen LogP contribution < -0.4 is 5.32 Å². The van der Waals surface area contributed by atoms with Crippen LogP contribution in [0.1, 0.15) is 61.8 Å². The lowest BCUT2D eigenvalue weighted by atomic mass is 9.80. The highest BCUT2D eigenvalue weighted by Gasteiger charge is 2.55. The van der Waals surface area contributed by atoms with Crippen LogP contribution in [0.4, 0.5) is 4.79 Å². The van der Waals surface area contributed by atoms with Gasteiger partial charge in [0.25, 0.3) is 5.91 Å². The first-order valence-corrected chi connectivity index (χ1v) is 11.2. The molecule has 4 amide bonds. The van der Waals surface area contributed by atoms with E-state index in [9.17, 15) is 14.4 Å². The van der Waals surface area contributed by atoms with Crippen LogP contribution in [0.5, 0.6) is 0 Å². The van der Waals surface area contributed by atoms with Crippen molar-refractivity contribution in [2.24, 2.45) is 0 Å². The van der Waals surface area contributed by atoms with Gasteiger partial charge in [-0.15, -0.1) is 11.3 Å². The van der Waals surface area contributed by atoms with Crippen molar-refractivity contribution >= 4 is 29.2 Å². The van der Waals surface area contributed by atoms with E-state index in [1.807, 2.05) is 16.3 Å². The number of rotatable bonds is 4. The zero-order chi connectivity index (χ0) is 19.3. The zero-order valence-corrected chi connectivity index (χ0v) is 16.7. The van der Waals surface area contributed by atoms with Gasteiger partial charge in [0.2, 0.25) is 5.91 Å². The van der Waals surface area contributed by atoms with Gasteiger partial charge in [0.15, 0.2) is 0 Å². The van der Waals surface area contributed by atoms with Gasteiger partial charge >= 0.3 is 6.03 Å². The van der Waals surface area contributed by atoms with Crippen LogP contribution in [0.2, 0.25) is 0 Å². The van der Waals surface area contributed by atoms with Crippen molar-refractivity contribution in [1.29, 1.82) is 0 Å². The zero-order valence-electron chi connectivity index (χ0n) is 15.9. The summed E-state index contributed by atoms with van der Waals surface area (Å²) in [6, 6.07) is 1.75. The molecule has 0 aromatic carbocycles. The number of nitrogens with one attached hydrogen (secondary N) is 1. The Hall–Kier alpha value is -2.15. The van der Waals surface area contributed by atoms with Gasteiger partial charge in [0.1, 0.15) is 12.1 Å². The maximum atomic E-state index is 13.3. The Kier molecular flexibility index (Phi) is 4.30. The maximum absolute atomic E-state index is 13.3. The van der Waals surface area contributed by atoms with E-state index in [0.717, 1.165) is 67.5 Å². The molecule has 1 aromatic heterocycles. The molecule has 1 aromatic rings. The molecular formula is C21H25N3O3S. The fourth-order valence-corrected chi connectivity index (χ4v) is 5.87. The normalized spacial score (nSPS) is 26.9. The maximum Gasteiger partial charge on any atom is 0.325 e. The van der Waals surface area contributed by atoms with Crippen molar-refractivity contribution in [3.05, 3.63) is 33.7 Å². The molecule has 6 nitrogen and oxygen atoms in total. The minimum Gasteiger partial charge on any atom is -0.319 e. The Morgan fingerprint density at radius 1 is 1.25 bits per heavy atom. The first-order valence-electron chi connectivity index (χ1n) is 10.3. The summed E-state index contributed by atoms with van der Waals surface area (Å²) in [6.45, 7) is -0.167. The van der Waals surface area contributed by atoms with E-state index >= 15 is 0 Å². The van der Waals surface area contributed by atoms with Crippen LogP contribution in [0, 0.1) is 0 Å². The van der Waals surface area contributed by atoms with Gasteiger partial charge in [-0.05, 0) is 69.2 Å². The van der Waals surface area contributed by atoms with Crippen LogP contribution in [-0.4, -0.2) is 40.2 Å². The largest absolute Gasteiger partial charge is 0.325 e. The van der Waals surface area contributed by atoms with Crippen LogP contribution in [-0.2, 0) is 21.5 Å². The van der Waals surface area contributed by atoms with Crippen molar-refractivity contribution in [2.75, 3.05) is 6.54 Å². The number of carbonyl (C=O) groups excluding carboxylic acids is 3. The van der Waals surface area contributed by atoms with Crippen LogP contribution >= 0.6 is 11.3 Å². The minimum absolute atomic E-state index is 0.127. The van der Waals surface area contributed by atoms with Crippen molar-refractivity contribution < 1.29 is 14.4 Å². The Labute approximate surface area is 168 Å². The second-order valence-electron chi connectivity index (χ2n) is 8.27. The summed E-state index contributed by atoms with van der Waals surface area (Å²) in [5, 5.41) is 4.92. The average molecular weight is 400 g/mol. The van der Waals surface area contributed by atoms with E-state index in [1.54, 1.807) is 11.3 Å². The molecule has 1 spiro atoms. The lowest BCUT2D eigenvalue weighted by molar-refractivity contribution is -0.138. The van der Waals surface area contributed by atoms with E-state index in [1.165, 1.54) is 4.88 Å². The van der Waals surface area contributed by atoms with Crippen molar-refractivity contribution in [3.8, 4) is 0 Å². The van der Waals surface area contributed by atoms with Crippen LogP contribution in [0.15, 0.2) is 23.2 Å². The molecule has 2 heterocycles. The van der Waals surface area contributed by atoms with E-state index in [-0.39, 0.29) is 24.4 Å². The Bertz CT molecular complexity index is 872. The molecule has 1 N–H and O–H groups in total. The number of aryl methyl sites for hydroxylation is 1. The number of imide groups is 1. The lowest BCUT2D eigenvalue weighted by Crippen LogP contribution is -2.47. The quantitative estimate of drug-likeness (QED) is 0.790. The second-order valence-corrected chi connectivity index (χ2v) is 9.27. The molecule has 3 aliphatic carbocycles. The fraction of sp³-hybridized carbons (Fsp3) is 0.571. The van der Waals surface area contributed by atoms with Gasteiger partial charge in [0, 0.05) is 22.2 Å². The van der Waals surface area contributed by atoms with Crippen LogP contribution in [0.3, 0.4) is 0 Å². The molecule has 1 aliphatic heterocycles. The second kappa shape index (κ2) is 6.72. The number of fused-ring (bicyclic) bond motifs is 2. The summed E-state index contributed by atoms with van der Waals surface area (Å²) in [4.78, 5) is 43.4. The standard InChI is InChI=1S/C21H25N3O3S/c25-18(24(15-8-9-15)14-5-2-1-3-6-14)13-23-19(26)21(22-20(23)27)11-4-7-17-16(21)10-12-28-17/h5,10,12,15H,1-4,6-9,11,13H2,(H,22,27)/t21-/m0/s1. The molecule has 28 heavy (non-hydrogen) atoms. The highest BCUT2D eigenvalue weighted by Crippen LogP contribution is 2.42. The van der Waals surface area contributed by atoms with Gasteiger partial charge in [0.05, 0.1) is 0 Å². The molecule has 7 heteroatoms. The van der Waals surface area contributed by atoms with E-state index in [0.29, 0.717) is 6.42 Å². The highest BCUT2D eigenvalue weighted by atomic mass is 32.1. The van der Waals surface area contributed by atoms with E-state index < -0.39 is 11.6 Å². The predicted octanol–water partition coefficient (Wildman–Crippen LogP) is 3.28. The van der Waals surface area contributed by atoms with Gasteiger partial charge in [-0.1, -0.05) is 6.08 Å². The molecule has 0 bridgehead atoms. The predicted molar refractivity (Wildman–Crippen MR) is 106 cm³/mol. The number of hydrogen-bond acceptors (Lipinski definition) is 4. The topological polar surface area (TPSA) is 69.7 Å². The average Bonchev–Trinajstić information content (AvgIpc) is 3.35. The molecule has 5 rings (SSSR count). The van der Waals surface area contributed by atoms with Crippen LogP contribution in [0.25, 0.3) is 0 Å². The van der Waals surface area contributed by atoms with Crippen molar-refractivity contribution in [3.63, 3.8) is 0 Å². The van der Waals surface area contributed by atoms with Crippen molar-refractivity contribution in [1.82, 2.24) is 15.1 Å². The molecule has 1 saturated heterocycles. The molecule has 148 valence electrons. The monoisotopic (exact) mass is 399 g/mol. The minimum atomic E-state index is -0.973. The van der Waals surface area contributed by atoms with E-state index in [2.05, 4.69) is 11.4 Å². The lowest BCUT2D eigenvalue weighted by Gasteiger charge is -2.31. The van der Waals surface area contributed by atoms with Crippen molar-refractivity contribution in [2.45, 2.75) is 69.4 Å². The van der Waals surface area contributed by atoms with Gasteiger partial charge < -0.3 is 10.2 Å². The summed E-state index contributed by atoms with van der Waals surface area (Å²) < 4.78 is 0. The molecule has 1 saturated carbocycles. The fourth-order valence-electron chi connectivity index (χ4n) is 4.87. The summed E-state index contributed by atoms with van der Waals surface area (Å²) in [7, 11) is 0. The number of nitrogens with zero attached hydrogens (tertiary/aromatic N) is 2. The number of urea groups is 1.